The highest BCUT2D eigenvalue weighted by Crippen LogP contribution is 2.24. The van der Waals surface area contributed by atoms with E-state index in [1.54, 1.807) is 4.57 Å². The summed E-state index contributed by atoms with van der Waals surface area (Å²) in [5, 5.41) is 27.2. The second-order valence-electron chi connectivity index (χ2n) is 5.12. The topological polar surface area (TPSA) is 103 Å². The average molecular weight is 340 g/mol. The summed E-state index contributed by atoms with van der Waals surface area (Å²) in [5.41, 5.74) is 1.85. The van der Waals surface area contributed by atoms with Crippen LogP contribution in [0.3, 0.4) is 0 Å². The number of imidazole rings is 1. The summed E-state index contributed by atoms with van der Waals surface area (Å²) in [6, 6.07) is 9.65. The van der Waals surface area contributed by atoms with Crippen molar-refractivity contribution in [1.29, 1.82) is 5.26 Å². The predicted molar refractivity (Wildman–Crippen MR) is 92.4 cm³/mol. The number of aliphatic hydroxyl groups is 1. The third-order valence-corrected chi connectivity index (χ3v) is 4.45. The fraction of sp³-hybridized carbons (Fsp3) is 0.250. The molecule has 122 valence electrons. The van der Waals surface area contributed by atoms with Crippen molar-refractivity contribution >= 4 is 28.4 Å². The molecule has 7 nitrogen and oxygen atoms in total. The summed E-state index contributed by atoms with van der Waals surface area (Å²) < 4.78 is 1.80. The zero-order chi connectivity index (χ0) is 17.1. The Balaban J connectivity index is 1.89. The van der Waals surface area contributed by atoms with Gasteiger partial charge in [0.15, 0.2) is 5.82 Å². The summed E-state index contributed by atoms with van der Waals surface area (Å²) in [7, 11) is 1.82. The van der Waals surface area contributed by atoms with E-state index in [1.165, 1.54) is 11.8 Å². The van der Waals surface area contributed by atoms with E-state index in [2.05, 4.69) is 26.2 Å². The molecule has 0 bridgehead atoms. The minimum absolute atomic E-state index is 0.0382. The Labute approximate surface area is 143 Å². The normalized spacial score (nSPS) is 12.2. The van der Waals surface area contributed by atoms with Crippen LogP contribution in [-0.4, -0.2) is 35.6 Å². The highest BCUT2D eigenvalue weighted by Gasteiger charge is 2.17. The number of thioether (sulfide) groups is 1. The van der Waals surface area contributed by atoms with Crippen molar-refractivity contribution in [3.63, 3.8) is 0 Å². The molecule has 3 rings (SSSR count). The Bertz CT molecular complexity index is 949. The SMILES string of the molecule is CCc1nc(SC/C(O)=C(\C#N)c2nc3ccccc3n2C)n[nH]1. The van der Waals surface area contributed by atoms with Gasteiger partial charge in [0.1, 0.15) is 23.2 Å². The quantitative estimate of drug-likeness (QED) is 0.420. The lowest BCUT2D eigenvalue weighted by Gasteiger charge is -2.04. The Morgan fingerprint density at radius 2 is 2.17 bits per heavy atom. The van der Waals surface area contributed by atoms with E-state index in [9.17, 15) is 10.4 Å². The van der Waals surface area contributed by atoms with Gasteiger partial charge in [0.05, 0.1) is 16.8 Å². The van der Waals surface area contributed by atoms with Crippen molar-refractivity contribution < 1.29 is 5.11 Å². The lowest BCUT2D eigenvalue weighted by molar-refractivity contribution is 0.420. The third-order valence-electron chi connectivity index (χ3n) is 3.60. The van der Waals surface area contributed by atoms with Gasteiger partial charge in [-0.1, -0.05) is 30.8 Å². The van der Waals surface area contributed by atoms with Crippen LogP contribution in [0.15, 0.2) is 35.2 Å². The minimum Gasteiger partial charge on any atom is -0.510 e. The Morgan fingerprint density at radius 3 is 2.83 bits per heavy atom. The maximum atomic E-state index is 10.4. The van der Waals surface area contributed by atoms with Crippen molar-refractivity contribution in [1.82, 2.24) is 24.7 Å². The predicted octanol–water partition coefficient (Wildman–Crippen LogP) is 2.84. The van der Waals surface area contributed by atoms with E-state index >= 15 is 0 Å². The number of fused-ring (bicyclic) bond motifs is 1. The molecular weight excluding hydrogens is 324 g/mol. The molecule has 3 aromatic rings. The molecule has 0 aliphatic heterocycles. The number of benzene rings is 1. The number of aliphatic hydroxyl groups excluding tert-OH is 1. The van der Waals surface area contributed by atoms with Crippen LogP contribution >= 0.6 is 11.8 Å². The molecule has 0 fully saturated rings. The van der Waals surface area contributed by atoms with Gasteiger partial charge in [0.25, 0.3) is 0 Å². The Kier molecular flexibility index (Phi) is 4.53. The molecule has 0 spiro atoms. The van der Waals surface area contributed by atoms with E-state index in [0.29, 0.717) is 11.0 Å². The number of hydrogen-bond acceptors (Lipinski definition) is 6. The number of hydrogen-bond donors (Lipinski definition) is 2. The maximum Gasteiger partial charge on any atom is 0.208 e. The van der Waals surface area contributed by atoms with Crippen molar-refractivity contribution in [3.8, 4) is 6.07 Å². The highest BCUT2D eigenvalue weighted by molar-refractivity contribution is 7.99. The molecule has 1 aromatic carbocycles. The number of para-hydroxylation sites is 2. The second kappa shape index (κ2) is 6.76. The fourth-order valence-electron chi connectivity index (χ4n) is 2.32. The van der Waals surface area contributed by atoms with E-state index in [1.807, 2.05) is 38.2 Å². The van der Waals surface area contributed by atoms with Crippen molar-refractivity contribution in [3.05, 3.63) is 41.7 Å². The van der Waals surface area contributed by atoms with Crippen LogP contribution in [0.5, 0.6) is 0 Å². The van der Waals surface area contributed by atoms with Gasteiger partial charge in [-0.15, -0.1) is 5.10 Å². The van der Waals surface area contributed by atoms with E-state index in [-0.39, 0.29) is 17.1 Å². The van der Waals surface area contributed by atoms with Crippen LogP contribution in [0.1, 0.15) is 18.6 Å². The number of nitrogens with one attached hydrogen (secondary N) is 1. The fourth-order valence-corrected chi connectivity index (χ4v) is 3.01. The molecule has 8 heteroatoms. The molecule has 0 aliphatic carbocycles. The van der Waals surface area contributed by atoms with Gasteiger partial charge < -0.3 is 9.67 Å². The lowest BCUT2D eigenvalue weighted by atomic mass is 10.2. The molecule has 0 unspecified atom stereocenters. The van der Waals surface area contributed by atoms with Crippen LogP contribution < -0.4 is 0 Å². The van der Waals surface area contributed by atoms with Gasteiger partial charge in [-0.25, -0.2) is 9.97 Å². The van der Waals surface area contributed by atoms with Crippen LogP contribution in [0.2, 0.25) is 0 Å². The van der Waals surface area contributed by atoms with Crippen LogP contribution in [0.25, 0.3) is 16.6 Å². The number of aryl methyl sites for hydroxylation is 2. The van der Waals surface area contributed by atoms with E-state index < -0.39 is 0 Å². The van der Waals surface area contributed by atoms with Crippen LogP contribution in [0.4, 0.5) is 0 Å². The number of rotatable bonds is 5. The van der Waals surface area contributed by atoms with Crippen molar-refractivity contribution in [2.45, 2.75) is 18.5 Å². The van der Waals surface area contributed by atoms with Crippen LogP contribution in [0, 0.1) is 11.3 Å². The smallest absolute Gasteiger partial charge is 0.208 e. The minimum atomic E-state index is -0.0382. The van der Waals surface area contributed by atoms with E-state index in [4.69, 9.17) is 0 Å². The number of nitriles is 1. The number of aromatic amines is 1. The molecule has 0 aliphatic rings. The van der Waals surface area contributed by atoms with Crippen LogP contribution in [-0.2, 0) is 13.5 Å². The summed E-state index contributed by atoms with van der Waals surface area (Å²) in [6.45, 7) is 1.98. The molecule has 0 amide bonds. The first kappa shape index (κ1) is 16.1. The first-order valence-electron chi connectivity index (χ1n) is 7.42. The second-order valence-corrected chi connectivity index (χ2v) is 6.07. The number of nitrogens with zero attached hydrogens (tertiary/aromatic N) is 5. The molecule has 0 saturated heterocycles. The number of allylic oxidation sites excluding steroid dienone is 1. The lowest BCUT2D eigenvalue weighted by Crippen LogP contribution is -2.01. The maximum absolute atomic E-state index is 10.4. The average Bonchev–Trinajstić information content (AvgIpc) is 3.19. The third kappa shape index (κ3) is 2.98. The Morgan fingerprint density at radius 1 is 1.38 bits per heavy atom. The van der Waals surface area contributed by atoms with Gasteiger partial charge in [-0.2, -0.15) is 5.26 Å². The largest absolute Gasteiger partial charge is 0.510 e. The molecule has 24 heavy (non-hydrogen) atoms. The first-order valence-corrected chi connectivity index (χ1v) is 8.40. The Hall–Kier alpha value is -2.79. The van der Waals surface area contributed by atoms with Gasteiger partial charge in [0, 0.05) is 13.5 Å². The zero-order valence-corrected chi connectivity index (χ0v) is 14.1. The first-order chi connectivity index (χ1) is 11.6. The van der Waals surface area contributed by atoms with Crippen molar-refractivity contribution in [2.75, 3.05) is 5.75 Å². The zero-order valence-electron chi connectivity index (χ0n) is 13.3. The summed E-state index contributed by atoms with van der Waals surface area (Å²) >= 11 is 1.27. The number of H-pyrrole nitrogens is 1. The molecule has 0 saturated carbocycles. The highest BCUT2D eigenvalue weighted by atomic mass is 32.2. The number of aromatic nitrogens is 5. The van der Waals surface area contributed by atoms with Crippen molar-refractivity contribution in [2.24, 2.45) is 7.05 Å². The van der Waals surface area contributed by atoms with Gasteiger partial charge in [0.2, 0.25) is 5.16 Å². The van der Waals surface area contributed by atoms with E-state index in [0.717, 1.165) is 23.3 Å². The summed E-state index contributed by atoms with van der Waals surface area (Å²) in [4.78, 5) is 8.72. The summed E-state index contributed by atoms with van der Waals surface area (Å²) in [6.07, 6.45) is 0.763. The standard InChI is InChI=1S/C16H16N6OS/c1-3-14-19-16(21-20-14)24-9-13(23)10(8-17)15-18-11-6-4-5-7-12(11)22(15)2/h4-7,23H,3,9H2,1-2H3,(H,19,20,21)/b13-10-. The molecule has 0 atom stereocenters. The molecule has 2 N–H and O–H groups in total. The monoisotopic (exact) mass is 340 g/mol. The van der Waals surface area contributed by atoms with Gasteiger partial charge in [-0.3, -0.25) is 5.10 Å². The molecular formula is C16H16N6OS. The molecule has 0 radical (unpaired) electrons. The van der Waals surface area contributed by atoms with Gasteiger partial charge in [-0.05, 0) is 12.1 Å². The van der Waals surface area contributed by atoms with Gasteiger partial charge >= 0.3 is 0 Å². The summed E-state index contributed by atoms with van der Waals surface area (Å²) in [5.74, 6) is 1.40. The molecule has 2 aromatic heterocycles. The molecule has 2 heterocycles.